The van der Waals surface area contributed by atoms with E-state index in [0.717, 1.165) is 19.4 Å². The Morgan fingerprint density at radius 2 is 1.96 bits per heavy atom. The maximum absolute atomic E-state index is 12.0. The summed E-state index contributed by atoms with van der Waals surface area (Å²) in [7, 11) is 0.274. The average molecular weight is 404 g/mol. The Morgan fingerprint density at radius 3 is 2.52 bits per heavy atom. The molecule has 1 amide bonds. The van der Waals surface area contributed by atoms with Gasteiger partial charge >= 0.3 is 0 Å². The van der Waals surface area contributed by atoms with Crippen LogP contribution in [0.2, 0.25) is 0 Å². The maximum atomic E-state index is 12.0. The van der Waals surface area contributed by atoms with Crippen LogP contribution in [0.15, 0.2) is 4.99 Å². The standard InChI is InChI=1S/C17H33N5O4S/c1-4-27(24,25)22-9-7-14(8-10-22)20-17(19-13-16(23)21(2)3)18-12-15-6-5-11-26-15/h14-15H,4-13H2,1-3H3,(H2,18,19,20). The van der Waals surface area contributed by atoms with E-state index in [-0.39, 0.29) is 30.4 Å². The molecule has 2 aliphatic rings. The lowest BCUT2D eigenvalue weighted by Crippen LogP contribution is -2.51. The number of carbonyl (C=O) groups excluding carboxylic acids is 1. The van der Waals surface area contributed by atoms with Crippen molar-refractivity contribution in [3.05, 3.63) is 0 Å². The van der Waals surface area contributed by atoms with E-state index in [0.29, 0.717) is 38.4 Å². The molecule has 0 aromatic rings. The number of rotatable bonds is 7. The van der Waals surface area contributed by atoms with Gasteiger partial charge in [0.2, 0.25) is 15.9 Å². The molecule has 0 aromatic carbocycles. The zero-order valence-corrected chi connectivity index (χ0v) is 17.4. The summed E-state index contributed by atoms with van der Waals surface area (Å²) in [4.78, 5) is 17.8. The number of nitrogens with one attached hydrogen (secondary N) is 2. The Bertz CT molecular complexity index is 609. The topological polar surface area (TPSA) is 103 Å². The Kier molecular flexibility index (Phi) is 8.30. The number of guanidine groups is 1. The molecule has 0 bridgehead atoms. The lowest BCUT2D eigenvalue weighted by atomic mass is 10.1. The van der Waals surface area contributed by atoms with Gasteiger partial charge in [-0.3, -0.25) is 4.79 Å². The number of nitrogens with zero attached hydrogens (tertiary/aromatic N) is 3. The van der Waals surface area contributed by atoms with Crippen LogP contribution in [0.1, 0.15) is 32.6 Å². The largest absolute Gasteiger partial charge is 0.376 e. The number of piperidine rings is 1. The first-order valence-electron chi connectivity index (χ1n) is 9.66. The fourth-order valence-corrected chi connectivity index (χ4v) is 4.24. The van der Waals surface area contributed by atoms with Crippen molar-refractivity contribution in [2.45, 2.75) is 44.8 Å². The van der Waals surface area contributed by atoms with Gasteiger partial charge in [-0.2, -0.15) is 0 Å². The smallest absolute Gasteiger partial charge is 0.243 e. The van der Waals surface area contributed by atoms with E-state index in [4.69, 9.17) is 4.74 Å². The molecule has 0 aliphatic carbocycles. The summed E-state index contributed by atoms with van der Waals surface area (Å²) < 4.78 is 31.2. The minimum Gasteiger partial charge on any atom is -0.376 e. The minimum absolute atomic E-state index is 0.0664. The molecule has 9 nitrogen and oxygen atoms in total. The molecule has 1 unspecified atom stereocenters. The van der Waals surface area contributed by atoms with Crippen LogP contribution in [-0.4, -0.2) is 94.3 Å². The van der Waals surface area contributed by atoms with Crippen LogP contribution >= 0.6 is 0 Å². The molecule has 0 radical (unpaired) electrons. The molecule has 2 aliphatic heterocycles. The molecule has 0 spiro atoms. The maximum Gasteiger partial charge on any atom is 0.243 e. The van der Waals surface area contributed by atoms with E-state index < -0.39 is 10.0 Å². The van der Waals surface area contributed by atoms with E-state index in [1.807, 2.05) is 0 Å². The first-order chi connectivity index (χ1) is 12.8. The van der Waals surface area contributed by atoms with Gasteiger partial charge in [0.15, 0.2) is 5.96 Å². The highest BCUT2D eigenvalue weighted by molar-refractivity contribution is 7.89. The monoisotopic (exact) mass is 403 g/mol. The number of likely N-dealkylation sites (N-methyl/N-ethyl adjacent to an activating group) is 1. The van der Waals surface area contributed by atoms with Gasteiger partial charge in [-0.15, -0.1) is 0 Å². The number of aliphatic imine (C=N–C) groups is 1. The van der Waals surface area contributed by atoms with E-state index in [1.54, 1.807) is 25.3 Å². The Labute approximate surface area is 162 Å². The molecule has 1 atom stereocenters. The fraction of sp³-hybridized carbons (Fsp3) is 0.882. The van der Waals surface area contributed by atoms with Crippen LogP contribution in [0.5, 0.6) is 0 Å². The highest BCUT2D eigenvalue weighted by atomic mass is 32.2. The van der Waals surface area contributed by atoms with Crippen molar-refractivity contribution in [2.24, 2.45) is 4.99 Å². The summed E-state index contributed by atoms with van der Waals surface area (Å²) >= 11 is 0. The highest BCUT2D eigenvalue weighted by Gasteiger charge is 2.27. The fourth-order valence-electron chi connectivity index (χ4n) is 3.11. The van der Waals surface area contributed by atoms with Crippen LogP contribution in [-0.2, 0) is 19.6 Å². The van der Waals surface area contributed by atoms with Crippen molar-refractivity contribution in [1.82, 2.24) is 19.8 Å². The summed E-state index contributed by atoms with van der Waals surface area (Å²) in [6, 6.07) is 0.124. The normalized spacial score (nSPS) is 22.6. The van der Waals surface area contributed by atoms with Gasteiger partial charge in [0.1, 0.15) is 6.54 Å². The van der Waals surface area contributed by atoms with Gasteiger partial charge in [-0.05, 0) is 32.6 Å². The summed E-state index contributed by atoms with van der Waals surface area (Å²) in [6.07, 6.45) is 3.67. The molecule has 2 N–H and O–H groups in total. The predicted molar refractivity (Wildman–Crippen MR) is 105 cm³/mol. The number of sulfonamides is 1. The number of ether oxygens (including phenoxy) is 1. The van der Waals surface area contributed by atoms with Crippen molar-refractivity contribution < 1.29 is 17.9 Å². The Hall–Kier alpha value is -1.39. The summed E-state index contributed by atoms with van der Waals surface area (Å²) in [5.41, 5.74) is 0. The number of hydrogen-bond acceptors (Lipinski definition) is 5. The summed E-state index contributed by atoms with van der Waals surface area (Å²) in [5, 5.41) is 6.62. The zero-order valence-electron chi connectivity index (χ0n) is 16.6. The molecular formula is C17H33N5O4S. The Morgan fingerprint density at radius 1 is 1.26 bits per heavy atom. The van der Waals surface area contributed by atoms with Crippen LogP contribution < -0.4 is 10.6 Å². The van der Waals surface area contributed by atoms with E-state index in [1.165, 1.54) is 4.90 Å². The van der Waals surface area contributed by atoms with Crippen LogP contribution in [0.4, 0.5) is 0 Å². The predicted octanol–water partition coefficient (Wildman–Crippen LogP) is -0.397. The lowest BCUT2D eigenvalue weighted by Gasteiger charge is -2.32. The summed E-state index contributed by atoms with van der Waals surface area (Å²) in [5.74, 6) is 0.641. The third kappa shape index (κ3) is 6.93. The molecule has 156 valence electrons. The van der Waals surface area contributed by atoms with Crippen molar-refractivity contribution in [1.29, 1.82) is 0 Å². The van der Waals surface area contributed by atoms with Gasteiger partial charge in [0, 0.05) is 46.4 Å². The second kappa shape index (κ2) is 10.2. The molecule has 2 heterocycles. The molecule has 0 aromatic heterocycles. The minimum atomic E-state index is -3.13. The van der Waals surface area contributed by atoms with Crippen LogP contribution in [0.3, 0.4) is 0 Å². The van der Waals surface area contributed by atoms with Crippen molar-refractivity contribution in [2.75, 3.05) is 52.6 Å². The molecule has 2 fully saturated rings. The SMILES string of the molecule is CCS(=O)(=O)N1CCC(NC(=NCC(=O)N(C)C)NCC2CCCO2)CC1. The van der Waals surface area contributed by atoms with Crippen molar-refractivity contribution in [3.8, 4) is 0 Å². The highest BCUT2D eigenvalue weighted by Crippen LogP contribution is 2.14. The van der Waals surface area contributed by atoms with E-state index in [2.05, 4.69) is 15.6 Å². The molecular weight excluding hydrogens is 370 g/mol. The average Bonchev–Trinajstić information content (AvgIpc) is 3.17. The lowest BCUT2D eigenvalue weighted by molar-refractivity contribution is -0.127. The van der Waals surface area contributed by atoms with Crippen molar-refractivity contribution >= 4 is 21.9 Å². The van der Waals surface area contributed by atoms with Gasteiger partial charge in [0.05, 0.1) is 11.9 Å². The summed E-state index contributed by atoms with van der Waals surface area (Å²) in [6.45, 7) is 4.17. The third-order valence-electron chi connectivity index (χ3n) is 4.95. The Balaban J connectivity index is 1.90. The van der Waals surface area contributed by atoms with Gasteiger partial charge in [-0.25, -0.2) is 17.7 Å². The number of amides is 1. The number of hydrogen-bond donors (Lipinski definition) is 2. The second-order valence-corrected chi connectivity index (χ2v) is 9.44. The third-order valence-corrected chi connectivity index (χ3v) is 6.83. The molecule has 10 heteroatoms. The van der Waals surface area contributed by atoms with Crippen LogP contribution in [0.25, 0.3) is 0 Å². The quantitative estimate of drug-likeness (QED) is 0.443. The van der Waals surface area contributed by atoms with Gasteiger partial charge in [-0.1, -0.05) is 0 Å². The number of carbonyl (C=O) groups is 1. The molecule has 0 saturated carbocycles. The molecule has 2 saturated heterocycles. The van der Waals surface area contributed by atoms with Crippen LogP contribution in [0, 0.1) is 0 Å². The first kappa shape index (κ1) is 21.9. The van der Waals surface area contributed by atoms with E-state index in [9.17, 15) is 13.2 Å². The molecule has 2 rings (SSSR count). The van der Waals surface area contributed by atoms with E-state index >= 15 is 0 Å². The zero-order chi connectivity index (χ0) is 19.9. The second-order valence-electron chi connectivity index (χ2n) is 7.19. The van der Waals surface area contributed by atoms with Gasteiger partial charge < -0.3 is 20.3 Å². The molecule has 27 heavy (non-hydrogen) atoms. The van der Waals surface area contributed by atoms with Gasteiger partial charge in [0.25, 0.3) is 0 Å². The first-order valence-corrected chi connectivity index (χ1v) is 11.3. The van der Waals surface area contributed by atoms with Crippen molar-refractivity contribution in [3.63, 3.8) is 0 Å².